The van der Waals surface area contributed by atoms with Gasteiger partial charge in [0.1, 0.15) is 108 Å². The van der Waals surface area contributed by atoms with Crippen molar-refractivity contribution in [3.05, 3.63) is 77.9 Å². The van der Waals surface area contributed by atoms with E-state index in [1.54, 1.807) is 101 Å². The Morgan fingerprint density at radius 3 is 1.29 bits per heavy atom. The molecule has 48 nitrogen and oxygen atoms in total. The van der Waals surface area contributed by atoms with Gasteiger partial charge in [-0.2, -0.15) is 11.8 Å². The molecule has 0 spiro atoms. The van der Waals surface area contributed by atoms with Crippen LogP contribution in [0.4, 0.5) is 0 Å². The molecule has 33 N–H and O–H groups in total. The molecule has 17 amide bonds. The summed E-state index contributed by atoms with van der Waals surface area (Å²) in [6, 6.07) is -13.5. The van der Waals surface area contributed by atoms with Crippen LogP contribution in [0.25, 0.3) is 0 Å². The summed E-state index contributed by atoms with van der Waals surface area (Å²) in [4.78, 5) is 266. The molecule has 0 unspecified atom stereocenters. The highest BCUT2D eigenvalue weighted by atomic mass is 32.2. The van der Waals surface area contributed by atoms with Gasteiger partial charge in [0.15, 0.2) is 5.96 Å². The molecule has 1 aliphatic rings. The first-order valence-electron chi connectivity index (χ1n) is 50.9. The number of carboxylic acid groups (broad SMARTS) is 1. The molecule has 2 heterocycles. The maximum atomic E-state index is 15.1. The van der Waals surface area contributed by atoms with Gasteiger partial charge in [-0.05, 0) is 199 Å². The highest BCUT2D eigenvalue weighted by molar-refractivity contribution is 7.98. The Morgan fingerprint density at radius 1 is 0.459 bits per heavy atom. The Balaban J connectivity index is 1.63. The number of aromatic hydroxyl groups is 2. The molecule has 1 saturated heterocycles. The lowest BCUT2D eigenvalue weighted by atomic mass is 9.95. The summed E-state index contributed by atoms with van der Waals surface area (Å²) >= 11 is 1.31. The van der Waals surface area contributed by atoms with Gasteiger partial charge in [-0.25, -0.2) is 9.78 Å². The van der Waals surface area contributed by atoms with Gasteiger partial charge in [0, 0.05) is 44.2 Å². The Hall–Kier alpha value is -12.9. The first kappa shape index (κ1) is 127. The second-order valence-electron chi connectivity index (χ2n) is 39.1. The van der Waals surface area contributed by atoms with Crippen molar-refractivity contribution in [3.8, 4) is 11.5 Å². The topological polar surface area (TPSA) is 787 Å². The molecule has 49 heteroatoms. The number of aromatic amines is 1. The fourth-order valence-corrected chi connectivity index (χ4v) is 16.8. The van der Waals surface area contributed by atoms with Crippen molar-refractivity contribution in [3.63, 3.8) is 0 Å². The molecule has 0 bridgehead atoms. The van der Waals surface area contributed by atoms with E-state index in [1.165, 1.54) is 67.6 Å². The average Bonchev–Trinajstić information content (AvgIpc) is 1.67. The van der Waals surface area contributed by atoms with Gasteiger partial charge in [0.25, 0.3) is 0 Å². The molecule has 1 aromatic heterocycles. The summed E-state index contributed by atoms with van der Waals surface area (Å²) < 4.78 is 0. The van der Waals surface area contributed by atoms with Gasteiger partial charge in [-0.15, -0.1) is 0 Å². The van der Waals surface area contributed by atoms with Gasteiger partial charge in [-0.3, -0.25) is 86.9 Å². The lowest BCUT2D eigenvalue weighted by molar-refractivity contribution is -0.144. The number of benzene rings is 2. The molecule has 148 heavy (non-hydrogen) atoms. The number of rotatable bonds is 69. The third kappa shape index (κ3) is 43.9. The van der Waals surface area contributed by atoms with E-state index in [2.05, 4.69) is 95.0 Å². The molecular formula is C99H163N25O23S. The number of aliphatic carboxylic acids is 1. The van der Waals surface area contributed by atoms with Crippen LogP contribution in [0.1, 0.15) is 222 Å². The molecular weight excluding hydrogens is 1940 g/mol. The zero-order valence-electron chi connectivity index (χ0n) is 87.5. The fourth-order valence-electron chi connectivity index (χ4n) is 16.3. The number of nitrogens with one attached hydrogen (secondary N) is 18. The molecule has 1 fully saturated rings. The second-order valence-corrected chi connectivity index (χ2v) is 40.1. The number of nitrogens with two attached hydrogens (primary N) is 5. The van der Waals surface area contributed by atoms with Gasteiger partial charge in [-0.1, -0.05) is 127 Å². The van der Waals surface area contributed by atoms with E-state index in [-0.39, 0.29) is 132 Å². The number of primary amides is 1. The van der Waals surface area contributed by atoms with E-state index < -0.39 is 271 Å². The van der Waals surface area contributed by atoms with Crippen LogP contribution in [-0.2, 0) is 106 Å². The fraction of sp³-hybridized carbons (Fsp3) is 0.657. The number of phenols is 2. The van der Waals surface area contributed by atoms with Crippen LogP contribution in [0.15, 0.2) is 61.1 Å². The maximum Gasteiger partial charge on any atom is 0.326 e. The Kier molecular flexibility index (Phi) is 56.6. The van der Waals surface area contributed by atoms with Crippen LogP contribution in [0.3, 0.4) is 0 Å². The number of guanidine groups is 1. The number of hydrogen-bond acceptors (Lipinski definition) is 28. The Labute approximate surface area is 869 Å². The van der Waals surface area contributed by atoms with Crippen molar-refractivity contribution in [2.45, 2.75) is 334 Å². The summed E-state index contributed by atoms with van der Waals surface area (Å²) in [5, 5.41) is 102. The summed E-state index contributed by atoms with van der Waals surface area (Å²) in [6.45, 7) is 21.0. The summed E-state index contributed by atoms with van der Waals surface area (Å²) in [6.07, 6.45) is 3.39. The quantitative estimate of drug-likeness (QED) is 0.0156. The maximum absolute atomic E-state index is 15.1. The molecule has 21 atom stereocenters. The molecule has 4 rings (SSSR count). The van der Waals surface area contributed by atoms with Crippen molar-refractivity contribution in [1.29, 1.82) is 5.41 Å². The third-order valence-electron chi connectivity index (χ3n) is 25.7. The zero-order valence-corrected chi connectivity index (χ0v) is 88.3. The number of likely N-dealkylation sites (tertiary alicyclic amines) is 1. The van der Waals surface area contributed by atoms with E-state index >= 15 is 14.4 Å². The van der Waals surface area contributed by atoms with Gasteiger partial charge in [0.05, 0.1) is 25.1 Å². The minimum atomic E-state index is -1.91. The largest absolute Gasteiger partial charge is 0.508 e. The summed E-state index contributed by atoms with van der Waals surface area (Å²) in [5.74, 6) is -20.2. The molecule has 0 radical (unpaired) electrons. The van der Waals surface area contributed by atoms with Gasteiger partial charge >= 0.3 is 5.97 Å². The van der Waals surface area contributed by atoms with Gasteiger partial charge in [0.2, 0.25) is 100 Å². The normalized spacial score (nSPS) is 16.5. The number of carbonyl (C=O) groups is 18. The molecule has 3 aromatic rings. The highest BCUT2D eigenvalue weighted by Crippen LogP contribution is 2.24. The average molecular weight is 2100 g/mol. The molecule has 2 aromatic carbocycles. The SMILES string of the molecule is CC[C@H](C)[C@H](NC(=O)[C@H](CC(C)C)NC(=O)[C@H](CCCCN)NC(=O)[C@@H](NC(=O)[C@@H](NC(=O)[C@H](CC(C)C)NC(=O)[C@H](Cc1ccc(O)cc1)NC(=O)[C@H](CCC(N)=O)NC(=O)[C@H](Cc1cnc[nH]1)NC(=O)[C@H](CO)NC(=O)[C@@H]1CCCN1C(=O)[C@H](CCCNC(=N)N)NC(=O)[C@@H](NC(=O)[C@H](CCSC)NC(=O)[C@@H](NC(=O)[C@H](CCCCN)NC(=O)[C@@H](N)Cc1ccc(O)cc1)[C@@H](C)CC)[C@@H](C)O)C(C)C)[C@@H](C)CC)C(=O)O. The molecule has 0 saturated carbocycles. The molecule has 1 aliphatic heterocycles. The standard InChI is InChI=1S/C99H163N25O23S/c1-15-55(10)78(120-85(133)66(25-19-21-40-101)109-82(130)64(102)46-59-28-32-62(127)33-29-59)94(142)112-68(38-43-148-14)86(134)123-81(58(13)126)96(144)113-69(26-22-41-107-99(104)105)97(145)124-42-23-27-75(124)92(140)118-74(50-125)91(139)117-73(48-61-49-106-51-108-61)88(136)110-67(36-37-76(103)129)84(132)116-72(47-60-30-34-63(128)35-31-60)87(135)115-70(44-52(4)5)89(137)119-77(54(8)9)93(141)121-79(56(11)16-2)95(143)111-65(24-18-20-39-100)83(131)114-71(45-53(6)7)90(138)122-80(98(146)147)57(12)17-3/h28-35,49,51-58,64-75,77-81,125-128H,15-27,36-48,50,100-102H2,1-14H3,(H2,103,129)(H,106,108)(H,109,130)(H,110,136)(H,111,143)(H,112,142)(H,113,144)(H,114,131)(H,115,135)(H,116,132)(H,117,139)(H,118,140)(H,119,137)(H,120,133)(H,121,141)(H,122,138)(H,123,134)(H,146,147)(H4,104,105,107)/t55-,56-,57-,58+,64-,65-,66-,67-,68-,69-,70-,71-,72-,73-,74-,75-,77-,78-,79-,80-,81-/m0/s1. The van der Waals surface area contributed by atoms with Crippen LogP contribution in [0.2, 0.25) is 0 Å². The lowest BCUT2D eigenvalue weighted by Crippen LogP contribution is -2.62. The van der Waals surface area contributed by atoms with E-state index in [4.69, 9.17) is 34.1 Å². The number of carbonyl (C=O) groups excluding carboxylic acids is 17. The van der Waals surface area contributed by atoms with Crippen molar-refractivity contribution in [2.75, 3.05) is 44.8 Å². The lowest BCUT2D eigenvalue weighted by Gasteiger charge is -2.32. The van der Waals surface area contributed by atoms with Crippen LogP contribution >= 0.6 is 11.8 Å². The minimum Gasteiger partial charge on any atom is -0.508 e. The number of aliphatic hydroxyl groups excluding tert-OH is 2. The van der Waals surface area contributed by atoms with E-state index in [0.29, 0.717) is 56.1 Å². The number of carboxylic acids is 1. The number of H-pyrrole nitrogens is 1. The number of imidazole rings is 1. The third-order valence-corrected chi connectivity index (χ3v) is 26.3. The van der Waals surface area contributed by atoms with Crippen LogP contribution in [0.5, 0.6) is 11.5 Å². The van der Waals surface area contributed by atoms with Crippen molar-refractivity contribution in [1.82, 2.24) is 99.9 Å². The zero-order chi connectivity index (χ0) is 111. The summed E-state index contributed by atoms with van der Waals surface area (Å²) in [5.41, 5.74) is 30.3. The van der Waals surface area contributed by atoms with Crippen molar-refractivity contribution in [2.24, 2.45) is 64.2 Å². The Morgan fingerprint density at radius 2 is 0.845 bits per heavy atom. The van der Waals surface area contributed by atoms with Gasteiger partial charge < -0.3 is 149 Å². The predicted octanol–water partition coefficient (Wildman–Crippen LogP) is -2.68. The Bertz CT molecular complexity index is 4810. The number of aliphatic hydroxyl groups is 2. The number of thioether (sulfide) groups is 1. The number of unbranched alkanes of at least 4 members (excludes halogenated alkanes) is 2. The summed E-state index contributed by atoms with van der Waals surface area (Å²) in [7, 11) is 0. The van der Waals surface area contributed by atoms with Crippen molar-refractivity contribution >= 4 is 124 Å². The van der Waals surface area contributed by atoms with Crippen LogP contribution in [0, 0.1) is 40.9 Å². The number of hydrogen-bond donors (Lipinski definition) is 28. The predicted molar refractivity (Wildman–Crippen MR) is 552 cm³/mol. The number of amides is 17. The van der Waals surface area contributed by atoms with E-state index in [1.807, 2.05) is 0 Å². The smallest absolute Gasteiger partial charge is 0.326 e. The number of aromatic nitrogens is 2. The van der Waals surface area contributed by atoms with Crippen LogP contribution in [-0.4, -0.2) is 306 Å². The first-order chi connectivity index (χ1) is 70.0. The van der Waals surface area contributed by atoms with E-state index in [0.717, 1.165) is 4.90 Å². The monoisotopic (exact) mass is 2100 g/mol. The highest BCUT2D eigenvalue weighted by Gasteiger charge is 2.44. The van der Waals surface area contributed by atoms with E-state index in [9.17, 15) is 97.5 Å². The number of phenolic OH excluding ortho intramolecular Hbond substituents is 2. The second kappa shape index (κ2) is 65.8. The number of nitrogens with zero attached hydrogens (tertiary/aromatic N) is 2. The minimum absolute atomic E-state index is 0.00599. The first-order valence-corrected chi connectivity index (χ1v) is 52.3. The van der Waals surface area contributed by atoms with Crippen molar-refractivity contribution < 1.29 is 112 Å². The molecule has 828 valence electrons. The molecule has 0 aliphatic carbocycles. The van der Waals surface area contributed by atoms with Crippen LogP contribution < -0.4 is 114 Å².